The maximum Gasteiger partial charge on any atom is 0.158 e. The van der Waals surface area contributed by atoms with E-state index in [2.05, 4.69) is 6.07 Å². The van der Waals surface area contributed by atoms with Crippen LogP contribution in [0, 0.1) is 0 Å². The van der Waals surface area contributed by atoms with Gasteiger partial charge in [0.25, 0.3) is 0 Å². The van der Waals surface area contributed by atoms with Gasteiger partial charge in [-0.3, -0.25) is 4.79 Å². The quantitative estimate of drug-likeness (QED) is 0.696. The summed E-state index contributed by atoms with van der Waals surface area (Å²) in [6.45, 7) is 0.505. The lowest BCUT2D eigenvalue weighted by molar-refractivity contribution is 0.0973. The number of hydrogen-bond acceptors (Lipinski definition) is 2. The normalized spacial score (nSPS) is 19.3. The second-order valence-electron chi connectivity index (χ2n) is 5.90. The van der Waals surface area contributed by atoms with Gasteiger partial charge in [0.05, 0.1) is 0 Å². The molecular weight excluding hydrogens is 282 g/mol. The summed E-state index contributed by atoms with van der Waals surface area (Å²) >= 11 is 6.05. The minimum absolute atomic E-state index is 0.116. The lowest BCUT2D eigenvalue weighted by Gasteiger charge is -2.26. The summed E-state index contributed by atoms with van der Waals surface area (Å²) in [4.78, 5) is 12.3. The lowest BCUT2D eigenvalue weighted by atomic mass is 9.71. The maximum absolute atomic E-state index is 12.3. The second kappa shape index (κ2) is 4.64. The zero-order valence-electron chi connectivity index (χ0n) is 11.8. The van der Waals surface area contributed by atoms with E-state index in [9.17, 15) is 4.79 Å². The van der Waals surface area contributed by atoms with Crippen molar-refractivity contribution in [2.45, 2.75) is 25.3 Å². The van der Waals surface area contributed by atoms with Crippen LogP contribution >= 0.6 is 11.6 Å². The standard InChI is InChI=1S/C17H14BClO2/c18-15-4-1-9-6-14-12-3-2-11(19)5-10(12)8-21-16(14)7-13(9)17(15)20/h2-3,5-7,15H,1,4,8,18H2. The monoisotopic (exact) mass is 296 g/mol. The molecule has 2 aromatic rings. The van der Waals surface area contributed by atoms with Crippen molar-refractivity contribution in [1.29, 1.82) is 0 Å². The van der Waals surface area contributed by atoms with Gasteiger partial charge in [0.1, 0.15) is 20.2 Å². The molecule has 1 atom stereocenters. The predicted octanol–water partition coefficient (Wildman–Crippen LogP) is 3.45. The number of rotatable bonds is 0. The van der Waals surface area contributed by atoms with Crippen LogP contribution in [-0.4, -0.2) is 13.6 Å². The number of ketones is 1. The van der Waals surface area contributed by atoms with E-state index in [1.54, 1.807) is 0 Å². The minimum atomic E-state index is 0.116. The van der Waals surface area contributed by atoms with Crippen LogP contribution in [0.4, 0.5) is 0 Å². The highest BCUT2D eigenvalue weighted by Crippen LogP contribution is 2.42. The summed E-state index contributed by atoms with van der Waals surface area (Å²) in [7, 11) is 2.00. The third kappa shape index (κ3) is 1.99. The predicted molar refractivity (Wildman–Crippen MR) is 86.2 cm³/mol. The lowest BCUT2D eigenvalue weighted by Crippen LogP contribution is -2.19. The first kappa shape index (κ1) is 13.0. The van der Waals surface area contributed by atoms with Crippen molar-refractivity contribution in [2.75, 3.05) is 0 Å². The molecular formula is C17H14BClO2. The van der Waals surface area contributed by atoms with Crippen molar-refractivity contribution in [1.82, 2.24) is 0 Å². The Bertz CT molecular complexity index is 770. The molecule has 1 heterocycles. The molecule has 21 heavy (non-hydrogen) atoms. The molecule has 4 heteroatoms. The van der Waals surface area contributed by atoms with Gasteiger partial charge >= 0.3 is 0 Å². The fourth-order valence-electron chi connectivity index (χ4n) is 3.26. The van der Waals surface area contributed by atoms with Crippen molar-refractivity contribution < 1.29 is 9.53 Å². The van der Waals surface area contributed by atoms with Gasteiger partial charge < -0.3 is 4.74 Å². The molecule has 2 nitrogen and oxygen atoms in total. The van der Waals surface area contributed by atoms with Crippen LogP contribution in [0.25, 0.3) is 11.1 Å². The van der Waals surface area contributed by atoms with Crippen LogP contribution in [0.2, 0.25) is 10.8 Å². The van der Waals surface area contributed by atoms with E-state index in [0.29, 0.717) is 6.61 Å². The molecule has 1 aliphatic carbocycles. The Morgan fingerprint density at radius 3 is 2.81 bits per heavy atom. The summed E-state index contributed by atoms with van der Waals surface area (Å²) in [6, 6.07) is 9.95. The Labute approximate surface area is 129 Å². The summed E-state index contributed by atoms with van der Waals surface area (Å²) in [5.41, 5.74) is 5.32. The van der Waals surface area contributed by atoms with E-state index in [-0.39, 0.29) is 11.6 Å². The number of ether oxygens (including phenoxy) is 1. The van der Waals surface area contributed by atoms with Gasteiger partial charge in [-0.05, 0) is 59.6 Å². The first-order valence-electron chi connectivity index (χ1n) is 7.26. The van der Waals surface area contributed by atoms with Crippen LogP contribution in [0.15, 0.2) is 30.3 Å². The maximum atomic E-state index is 12.3. The fourth-order valence-corrected chi connectivity index (χ4v) is 3.45. The molecule has 0 N–H and O–H groups in total. The number of Topliss-reactive ketones (excluding diaryl/α,β-unsaturated/α-hetero) is 1. The largest absolute Gasteiger partial charge is 0.488 e. The number of fused-ring (bicyclic) bond motifs is 4. The van der Waals surface area contributed by atoms with Gasteiger partial charge in [0.2, 0.25) is 0 Å². The molecule has 0 spiro atoms. The molecule has 2 aromatic carbocycles. The van der Waals surface area contributed by atoms with Gasteiger partial charge in [0, 0.05) is 16.1 Å². The third-order valence-electron chi connectivity index (χ3n) is 4.51. The highest BCUT2D eigenvalue weighted by atomic mass is 35.5. The summed E-state index contributed by atoms with van der Waals surface area (Å²) in [5.74, 6) is 1.17. The van der Waals surface area contributed by atoms with Crippen LogP contribution in [0.3, 0.4) is 0 Å². The fraction of sp³-hybridized carbons (Fsp3) is 0.235. The zero-order valence-corrected chi connectivity index (χ0v) is 12.5. The van der Waals surface area contributed by atoms with E-state index in [0.717, 1.165) is 51.4 Å². The van der Waals surface area contributed by atoms with Crippen molar-refractivity contribution in [3.05, 3.63) is 52.0 Å². The minimum Gasteiger partial charge on any atom is -0.488 e. The highest BCUT2D eigenvalue weighted by molar-refractivity contribution is 6.30. The molecule has 4 rings (SSSR count). The Morgan fingerprint density at radius 1 is 1.10 bits per heavy atom. The van der Waals surface area contributed by atoms with Crippen molar-refractivity contribution >= 4 is 25.2 Å². The molecule has 1 unspecified atom stereocenters. The Balaban J connectivity index is 1.90. The van der Waals surface area contributed by atoms with Gasteiger partial charge in [-0.2, -0.15) is 0 Å². The topological polar surface area (TPSA) is 26.3 Å². The number of carbonyl (C=O) groups excluding carboxylic acids is 1. The Morgan fingerprint density at radius 2 is 1.95 bits per heavy atom. The average molecular weight is 297 g/mol. The number of hydrogen-bond donors (Lipinski definition) is 0. The van der Waals surface area contributed by atoms with E-state index in [4.69, 9.17) is 16.3 Å². The van der Waals surface area contributed by atoms with E-state index < -0.39 is 0 Å². The molecule has 0 aromatic heterocycles. The molecule has 0 fully saturated rings. The summed E-state index contributed by atoms with van der Waals surface area (Å²) in [5, 5.41) is 0.725. The molecule has 1 aliphatic heterocycles. The summed E-state index contributed by atoms with van der Waals surface area (Å²) in [6.07, 6.45) is 1.89. The SMILES string of the molecule is BC1CCc2cc3c(cc2C1=O)OCc1cc(Cl)ccc1-3. The molecule has 104 valence electrons. The summed E-state index contributed by atoms with van der Waals surface area (Å²) < 4.78 is 5.84. The van der Waals surface area contributed by atoms with E-state index in [1.807, 2.05) is 32.1 Å². The van der Waals surface area contributed by atoms with Gasteiger partial charge in [-0.15, -0.1) is 0 Å². The number of aryl methyl sites for hydroxylation is 1. The Hall–Kier alpha value is -1.74. The number of benzene rings is 2. The molecule has 0 saturated carbocycles. The molecule has 0 radical (unpaired) electrons. The van der Waals surface area contributed by atoms with E-state index in [1.165, 1.54) is 0 Å². The second-order valence-corrected chi connectivity index (χ2v) is 6.34. The third-order valence-corrected chi connectivity index (χ3v) is 4.74. The van der Waals surface area contributed by atoms with Crippen LogP contribution in [0.5, 0.6) is 5.75 Å². The molecule has 0 amide bonds. The van der Waals surface area contributed by atoms with Gasteiger partial charge in [-0.25, -0.2) is 0 Å². The zero-order chi connectivity index (χ0) is 14.6. The van der Waals surface area contributed by atoms with Gasteiger partial charge in [0.15, 0.2) is 5.78 Å². The van der Waals surface area contributed by atoms with Crippen LogP contribution < -0.4 is 4.74 Å². The van der Waals surface area contributed by atoms with Crippen LogP contribution in [0.1, 0.15) is 27.9 Å². The highest BCUT2D eigenvalue weighted by Gasteiger charge is 2.27. The van der Waals surface area contributed by atoms with Crippen molar-refractivity contribution in [3.8, 4) is 16.9 Å². The van der Waals surface area contributed by atoms with E-state index >= 15 is 0 Å². The van der Waals surface area contributed by atoms with Crippen LogP contribution in [-0.2, 0) is 13.0 Å². The van der Waals surface area contributed by atoms with Gasteiger partial charge in [-0.1, -0.05) is 17.7 Å². The first-order valence-corrected chi connectivity index (χ1v) is 7.64. The average Bonchev–Trinajstić information content (AvgIpc) is 2.49. The molecule has 0 saturated heterocycles. The smallest absolute Gasteiger partial charge is 0.158 e. The molecule has 2 aliphatic rings. The first-order chi connectivity index (χ1) is 10.1. The molecule has 0 bridgehead atoms. The number of carbonyl (C=O) groups is 1. The van der Waals surface area contributed by atoms with Crippen molar-refractivity contribution in [3.63, 3.8) is 0 Å². The Kier molecular flexibility index (Phi) is 2.86. The van der Waals surface area contributed by atoms with Crippen molar-refractivity contribution in [2.24, 2.45) is 0 Å². The number of halogens is 1.